The first kappa shape index (κ1) is 16.0. The first-order chi connectivity index (χ1) is 8.55. The van der Waals surface area contributed by atoms with Crippen LogP contribution in [0.4, 0.5) is 0 Å². The fourth-order valence-corrected chi connectivity index (χ4v) is 2.95. The molecule has 0 spiro atoms. The van der Waals surface area contributed by atoms with Crippen LogP contribution in [0.25, 0.3) is 0 Å². The topological polar surface area (TPSA) is 66.4 Å². The van der Waals surface area contributed by atoms with E-state index < -0.39 is 11.4 Å². The van der Waals surface area contributed by atoms with Crippen molar-refractivity contribution in [2.24, 2.45) is 16.2 Å². The third kappa shape index (κ3) is 2.49. The molecule has 0 atom stereocenters. The fourth-order valence-electron chi connectivity index (χ4n) is 2.95. The number of aliphatic carboxylic acids is 1. The molecule has 4 nitrogen and oxygen atoms in total. The molecule has 1 fully saturated rings. The Kier molecular flexibility index (Phi) is 4.04. The molecule has 1 saturated carbocycles. The quantitative estimate of drug-likeness (QED) is 0.779. The SMILES string of the molecule is CCC(CC)(CC(=O)NC1C(C)(C)C1(C)C)C(=O)O. The molecule has 0 radical (unpaired) electrons. The number of carbonyl (C=O) groups is 2. The molecule has 0 heterocycles. The highest BCUT2D eigenvalue weighted by Crippen LogP contribution is 2.62. The lowest BCUT2D eigenvalue weighted by Gasteiger charge is -2.26. The van der Waals surface area contributed by atoms with Gasteiger partial charge in [-0.05, 0) is 23.7 Å². The monoisotopic (exact) mass is 269 g/mol. The molecule has 1 aliphatic rings. The number of hydrogen-bond acceptors (Lipinski definition) is 2. The molecule has 1 aliphatic carbocycles. The van der Waals surface area contributed by atoms with Crippen LogP contribution < -0.4 is 5.32 Å². The summed E-state index contributed by atoms with van der Waals surface area (Å²) in [7, 11) is 0. The largest absolute Gasteiger partial charge is 0.481 e. The summed E-state index contributed by atoms with van der Waals surface area (Å²) in [6.07, 6.45) is 1.02. The number of hydrogen-bond donors (Lipinski definition) is 2. The third-order valence-corrected chi connectivity index (χ3v) is 5.63. The predicted molar refractivity (Wildman–Crippen MR) is 74.8 cm³/mol. The predicted octanol–water partition coefficient (Wildman–Crippen LogP) is 2.82. The van der Waals surface area contributed by atoms with Crippen LogP contribution in [0.5, 0.6) is 0 Å². The van der Waals surface area contributed by atoms with E-state index in [2.05, 4.69) is 33.0 Å². The molecule has 0 bridgehead atoms. The highest BCUT2D eigenvalue weighted by molar-refractivity contribution is 5.85. The van der Waals surface area contributed by atoms with E-state index >= 15 is 0 Å². The van der Waals surface area contributed by atoms with Crippen LogP contribution in [0, 0.1) is 16.2 Å². The lowest BCUT2D eigenvalue weighted by Crippen LogP contribution is -2.38. The highest BCUT2D eigenvalue weighted by Gasteiger charge is 2.65. The second-order valence-corrected chi connectivity index (χ2v) is 6.91. The molecule has 2 N–H and O–H groups in total. The van der Waals surface area contributed by atoms with Crippen molar-refractivity contribution >= 4 is 11.9 Å². The van der Waals surface area contributed by atoms with Gasteiger partial charge in [0.25, 0.3) is 0 Å². The average molecular weight is 269 g/mol. The summed E-state index contributed by atoms with van der Waals surface area (Å²) >= 11 is 0. The zero-order chi connectivity index (χ0) is 15.1. The molecule has 4 heteroatoms. The van der Waals surface area contributed by atoms with Gasteiger partial charge in [0.1, 0.15) is 0 Å². The number of carboxylic acids is 1. The lowest BCUT2D eigenvalue weighted by atomic mass is 9.79. The zero-order valence-corrected chi connectivity index (χ0v) is 13.0. The smallest absolute Gasteiger partial charge is 0.310 e. The standard InChI is InChI=1S/C15H27NO3/c1-7-15(8-2,12(18)19)9-10(17)16-11-13(3,4)14(11,5)6/h11H,7-9H2,1-6H3,(H,16,17)(H,18,19). The van der Waals surface area contributed by atoms with Crippen molar-refractivity contribution in [1.29, 1.82) is 0 Å². The van der Waals surface area contributed by atoms with Crippen molar-refractivity contribution in [1.82, 2.24) is 5.32 Å². The molecular weight excluding hydrogens is 242 g/mol. The molecule has 0 saturated heterocycles. The number of carboxylic acid groups (broad SMARTS) is 1. The summed E-state index contributed by atoms with van der Waals surface area (Å²) < 4.78 is 0. The van der Waals surface area contributed by atoms with Crippen molar-refractivity contribution in [2.75, 3.05) is 0 Å². The normalized spacial score (nSPS) is 20.9. The van der Waals surface area contributed by atoms with Gasteiger partial charge in [0.2, 0.25) is 5.91 Å². The van der Waals surface area contributed by atoms with Crippen molar-refractivity contribution < 1.29 is 14.7 Å². The van der Waals surface area contributed by atoms with Gasteiger partial charge in [-0.15, -0.1) is 0 Å². The maximum Gasteiger partial charge on any atom is 0.310 e. The molecule has 1 rings (SSSR count). The number of nitrogens with one attached hydrogen (secondary N) is 1. The van der Waals surface area contributed by atoms with E-state index in [1.165, 1.54) is 0 Å². The van der Waals surface area contributed by atoms with Crippen LogP contribution in [-0.2, 0) is 9.59 Å². The maximum absolute atomic E-state index is 12.1. The molecule has 1 amide bonds. The molecule has 0 aromatic carbocycles. The minimum atomic E-state index is -0.923. The van der Waals surface area contributed by atoms with Crippen LogP contribution >= 0.6 is 0 Å². The van der Waals surface area contributed by atoms with Gasteiger partial charge in [-0.25, -0.2) is 0 Å². The van der Waals surface area contributed by atoms with Crippen molar-refractivity contribution in [3.05, 3.63) is 0 Å². The van der Waals surface area contributed by atoms with Gasteiger partial charge < -0.3 is 10.4 Å². The van der Waals surface area contributed by atoms with E-state index in [1.807, 2.05) is 13.8 Å². The zero-order valence-electron chi connectivity index (χ0n) is 13.0. The third-order valence-electron chi connectivity index (χ3n) is 5.63. The Balaban J connectivity index is 2.69. The summed E-state index contributed by atoms with van der Waals surface area (Å²) in [5, 5.41) is 12.4. The van der Waals surface area contributed by atoms with Gasteiger partial charge >= 0.3 is 5.97 Å². The van der Waals surface area contributed by atoms with E-state index in [0.717, 1.165) is 0 Å². The average Bonchev–Trinajstić information content (AvgIpc) is 2.68. The van der Waals surface area contributed by atoms with E-state index in [9.17, 15) is 14.7 Å². The number of carbonyl (C=O) groups excluding carboxylic acids is 1. The van der Waals surface area contributed by atoms with Crippen LogP contribution in [0.15, 0.2) is 0 Å². The van der Waals surface area contributed by atoms with Gasteiger partial charge in [0.05, 0.1) is 5.41 Å². The summed E-state index contributed by atoms with van der Waals surface area (Å²) in [4.78, 5) is 23.5. The second kappa shape index (κ2) is 4.80. The molecule has 0 aromatic heterocycles. The van der Waals surface area contributed by atoms with Crippen LogP contribution in [0.1, 0.15) is 60.8 Å². The first-order valence-electron chi connectivity index (χ1n) is 7.08. The van der Waals surface area contributed by atoms with Crippen molar-refractivity contribution in [3.8, 4) is 0 Å². The van der Waals surface area contributed by atoms with Gasteiger partial charge in [-0.3, -0.25) is 9.59 Å². The van der Waals surface area contributed by atoms with Crippen LogP contribution in [0.3, 0.4) is 0 Å². The van der Waals surface area contributed by atoms with E-state index in [0.29, 0.717) is 12.8 Å². The Morgan fingerprint density at radius 1 is 1.11 bits per heavy atom. The Labute approximate surface area is 116 Å². The molecule has 0 unspecified atom stereocenters. The summed E-state index contributed by atoms with van der Waals surface area (Å²) in [5.74, 6) is -1.02. The molecule has 0 aromatic rings. The Bertz CT molecular complexity index is 367. The van der Waals surface area contributed by atoms with Gasteiger partial charge in [0, 0.05) is 12.5 Å². The molecule has 19 heavy (non-hydrogen) atoms. The number of amides is 1. The molecule has 0 aliphatic heterocycles. The molecular formula is C15H27NO3. The summed E-state index contributed by atoms with van der Waals surface area (Å²) in [6.45, 7) is 12.2. The van der Waals surface area contributed by atoms with E-state index in [1.54, 1.807) is 0 Å². The minimum Gasteiger partial charge on any atom is -0.481 e. The first-order valence-corrected chi connectivity index (χ1v) is 7.08. The van der Waals surface area contributed by atoms with Crippen molar-refractivity contribution in [2.45, 2.75) is 66.8 Å². The highest BCUT2D eigenvalue weighted by atomic mass is 16.4. The van der Waals surface area contributed by atoms with Gasteiger partial charge in [0.15, 0.2) is 0 Å². The second-order valence-electron chi connectivity index (χ2n) is 6.91. The Hall–Kier alpha value is -1.06. The minimum absolute atomic E-state index is 0.0675. The van der Waals surface area contributed by atoms with E-state index in [-0.39, 0.29) is 29.2 Å². The van der Waals surface area contributed by atoms with E-state index in [4.69, 9.17) is 0 Å². The maximum atomic E-state index is 12.1. The lowest BCUT2D eigenvalue weighted by molar-refractivity contribution is -0.152. The van der Waals surface area contributed by atoms with Crippen molar-refractivity contribution in [3.63, 3.8) is 0 Å². The summed E-state index contributed by atoms with van der Waals surface area (Å²) in [6, 6.07) is 0.132. The van der Waals surface area contributed by atoms with Gasteiger partial charge in [-0.1, -0.05) is 41.5 Å². The molecule has 110 valence electrons. The van der Waals surface area contributed by atoms with Crippen LogP contribution in [0.2, 0.25) is 0 Å². The van der Waals surface area contributed by atoms with Gasteiger partial charge in [-0.2, -0.15) is 0 Å². The Morgan fingerprint density at radius 3 is 1.79 bits per heavy atom. The van der Waals surface area contributed by atoms with Crippen LogP contribution in [-0.4, -0.2) is 23.0 Å². The summed E-state index contributed by atoms with van der Waals surface area (Å²) in [5.41, 5.74) is -0.771. The Morgan fingerprint density at radius 2 is 1.53 bits per heavy atom. The number of rotatable bonds is 6. The fraction of sp³-hybridized carbons (Fsp3) is 0.867.